The fourth-order valence-corrected chi connectivity index (χ4v) is 11.4. The molecule has 8 aromatic carbocycles. The van der Waals surface area contributed by atoms with Crippen LogP contribution in [0.3, 0.4) is 0 Å². The molecule has 334 valence electrons. The smallest absolute Gasteiger partial charge is 0.259 e. The fourth-order valence-electron chi connectivity index (χ4n) is 9.67. The Balaban J connectivity index is 1.12. The maximum Gasteiger partial charge on any atom is 0.259 e. The van der Waals surface area contributed by atoms with E-state index < -0.39 is 32.4 Å². The molecule has 0 radical (unpaired) electrons. The van der Waals surface area contributed by atoms with Gasteiger partial charge in [0.1, 0.15) is 29.3 Å². The predicted octanol–water partition coefficient (Wildman–Crippen LogP) is 12.9. The van der Waals surface area contributed by atoms with E-state index in [9.17, 15) is 5.26 Å². The van der Waals surface area contributed by atoms with Crippen molar-refractivity contribution < 1.29 is 28.0 Å². The molecule has 0 aromatic heterocycles. The normalized spacial score (nSPS) is 16.9. The van der Waals surface area contributed by atoms with Gasteiger partial charge in [0.05, 0.1) is 46.0 Å². The van der Waals surface area contributed by atoms with Crippen molar-refractivity contribution in [2.45, 2.75) is 76.5 Å². The van der Waals surface area contributed by atoms with Crippen LogP contribution < -0.4 is 9.47 Å². The zero-order valence-electron chi connectivity index (χ0n) is 38.4. The van der Waals surface area contributed by atoms with Crippen molar-refractivity contribution in [2.24, 2.45) is 0 Å². The highest BCUT2D eigenvalue weighted by atomic mass is 31.2. The Kier molecular flexibility index (Phi) is 13.5. The van der Waals surface area contributed by atoms with Gasteiger partial charge in [-0.3, -0.25) is 0 Å². The molecule has 1 aliphatic heterocycles. The van der Waals surface area contributed by atoms with Gasteiger partial charge >= 0.3 is 0 Å². The number of nitriles is 1. The van der Waals surface area contributed by atoms with Crippen molar-refractivity contribution in [3.05, 3.63) is 168 Å². The van der Waals surface area contributed by atoms with Crippen LogP contribution in [0, 0.1) is 23.2 Å². The third kappa shape index (κ3) is 8.70. The molecule has 66 heavy (non-hydrogen) atoms. The standard InChI is InChI=1S/C57H55N2O6P/c1-38(2)59(39(3)4)66(63-35-13-34-58)65-53-36-47(28-22-40-23-33-52-50-20-11-15-41-14-10-19-49(55(41)50)51-21-12-18-48(40)56(51)52)64-54(53)37-62-57(42-16-8-7-9-17-42,43-24-29-45(60-5)30-25-43)44-26-31-46(61-6)32-27-44/h7-12,14-21,23-27,29-33,38-39,47,53-54H,13,35-37H2,1-6H3/t47-,53+,54-,66?/m1/s1. The molecular formula is C57H55N2O6P. The number of hydrogen-bond donors (Lipinski definition) is 0. The first-order valence-corrected chi connectivity index (χ1v) is 23.9. The summed E-state index contributed by atoms with van der Waals surface area (Å²) in [5.41, 5.74) is 2.65. The van der Waals surface area contributed by atoms with Gasteiger partial charge in [-0.2, -0.15) is 5.26 Å². The molecule has 1 fully saturated rings. The van der Waals surface area contributed by atoms with E-state index in [1.807, 2.05) is 42.5 Å². The monoisotopic (exact) mass is 894 g/mol. The highest BCUT2D eigenvalue weighted by Crippen LogP contribution is 2.50. The first-order valence-electron chi connectivity index (χ1n) is 22.7. The quantitative estimate of drug-likeness (QED) is 0.0237. The number of methoxy groups -OCH3 is 2. The summed E-state index contributed by atoms with van der Waals surface area (Å²) >= 11 is 0. The molecular weight excluding hydrogens is 840 g/mol. The third-order valence-electron chi connectivity index (χ3n) is 12.6. The fraction of sp³-hybridized carbons (Fsp3) is 0.281. The highest BCUT2D eigenvalue weighted by molar-refractivity contribution is 7.44. The molecule has 9 heteroatoms. The highest BCUT2D eigenvalue weighted by Gasteiger charge is 2.44. The van der Waals surface area contributed by atoms with Crippen LogP contribution in [0.4, 0.5) is 0 Å². The topological polar surface area (TPSA) is 82.4 Å². The molecule has 9 rings (SSSR count). The Hall–Kier alpha value is -6.06. The zero-order chi connectivity index (χ0) is 45.8. The van der Waals surface area contributed by atoms with Gasteiger partial charge in [0.2, 0.25) is 0 Å². The summed E-state index contributed by atoms with van der Waals surface area (Å²) in [5, 5.41) is 19.3. The Bertz CT molecular complexity index is 2920. The maximum atomic E-state index is 9.48. The van der Waals surface area contributed by atoms with Crippen LogP contribution in [0.5, 0.6) is 11.5 Å². The summed E-state index contributed by atoms with van der Waals surface area (Å²) in [6.07, 6.45) is -0.716. The SMILES string of the molecule is COc1ccc(C(OC[C@H]2O[C@H](C#Cc3ccc4c5cccc6cccc(c7cccc3c74)c65)C[C@@H]2OP(OCCC#N)N(C(C)C)C(C)C)(c2ccccc2)c2ccc(OC)cc2)cc1. The van der Waals surface area contributed by atoms with Gasteiger partial charge in [-0.15, -0.1) is 0 Å². The average Bonchev–Trinajstić information content (AvgIpc) is 3.74. The molecule has 0 N–H and O–H groups in total. The van der Waals surface area contributed by atoms with E-state index in [0.717, 1.165) is 39.1 Å². The lowest BCUT2D eigenvalue weighted by Crippen LogP contribution is -2.39. The Morgan fingerprint density at radius 1 is 0.667 bits per heavy atom. The van der Waals surface area contributed by atoms with Crippen LogP contribution in [0.2, 0.25) is 0 Å². The first kappa shape index (κ1) is 45.1. The van der Waals surface area contributed by atoms with E-state index in [0.29, 0.717) is 6.42 Å². The van der Waals surface area contributed by atoms with Gasteiger partial charge in [0.25, 0.3) is 8.53 Å². The van der Waals surface area contributed by atoms with Crippen molar-refractivity contribution in [1.29, 1.82) is 5.26 Å². The van der Waals surface area contributed by atoms with Crippen LogP contribution in [0.1, 0.15) is 62.8 Å². The van der Waals surface area contributed by atoms with Gasteiger partial charge in [-0.05, 0) is 118 Å². The van der Waals surface area contributed by atoms with Crippen LogP contribution >= 0.6 is 8.53 Å². The second-order valence-electron chi connectivity index (χ2n) is 17.3. The minimum absolute atomic E-state index is 0.119. The average molecular weight is 895 g/mol. The third-order valence-corrected chi connectivity index (χ3v) is 14.8. The molecule has 1 saturated heterocycles. The van der Waals surface area contributed by atoms with Crippen LogP contribution in [-0.2, 0) is 24.1 Å². The zero-order valence-corrected chi connectivity index (χ0v) is 39.3. The molecule has 0 saturated carbocycles. The van der Waals surface area contributed by atoms with Gasteiger partial charge in [-0.25, -0.2) is 4.67 Å². The van der Waals surface area contributed by atoms with E-state index in [4.69, 9.17) is 28.0 Å². The number of benzene rings is 8. The van der Waals surface area contributed by atoms with Crippen LogP contribution in [-0.4, -0.2) is 62.5 Å². The molecule has 8 nitrogen and oxygen atoms in total. The summed E-state index contributed by atoms with van der Waals surface area (Å²) in [6, 6.07) is 52.8. The van der Waals surface area contributed by atoms with Crippen molar-refractivity contribution in [3.63, 3.8) is 0 Å². The number of rotatable bonds is 16. The molecule has 1 heterocycles. The predicted molar refractivity (Wildman–Crippen MR) is 266 cm³/mol. The lowest BCUT2D eigenvalue weighted by atomic mass is 9.80. The second kappa shape index (κ2) is 19.8. The molecule has 0 spiro atoms. The van der Waals surface area contributed by atoms with Gasteiger partial charge in [0, 0.05) is 24.1 Å². The van der Waals surface area contributed by atoms with Crippen LogP contribution in [0.25, 0.3) is 43.1 Å². The van der Waals surface area contributed by atoms with E-state index >= 15 is 0 Å². The van der Waals surface area contributed by atoms with E-state index in [-0.39, 0.29) is 31.7 Å². The summed E-state index contributed by atoms with van der Waals surface area (Å²) in [7, 11) is 1.74. The summed E-state index contributed by atoms with van der Waals surface area (Å²) < 4.78 is 41.5. The van der Waals surface area contributed by atoms with Crippen molar-refractivity contribution in [1.82, 2.24) is 4.67 Å². The number of ether oxygens (including phenoxy) is 4. The van der Waals surface area contributed by atoms with Gasteiger partial charge in [0.15, 0.2) is 0 Å². The molecule has 8 aromatic rings. The van der Waals surface area contributed by atoms with Crippen molar-refractivity contribution in [2.75, 3.05) is 27.4 Å². The summed E-state index contributed by atoms with van der Waals surface area (Å²) in [5.74, 6) is 8.62. The molecule has 0 aliphatic carbocycles. The second-order valence-corrected chi connectivity index (χ2v) is 18.7. The lowest BCUT2D eigenvalue weighted by Gasteiger charge is -2.39. The van der Waals surface area contributed by atoms with Crippen molar-refractivity contribution in [3.8, 4) is 29.4 Å². The van der Waals surface area contributed by atoms with Crippen LogP contribution in [0.15, 0.2) is 146 Å². The largest absolute Gasteiger partial charge is 0.497 e. The van der Waals surface area contributed by atoms with E-state index in [2.05, 4.69) is 153 Å². The van der Waals surface area contributed by atoms with Gasteiger partial charge in [-0.1, -0.05) is 127 Å². The Morgan fingerprint density at radius 3 is 1.82 bits per heavy atom. The maximum absolute atomic E-state index is 9.48. The van der Waals surface area contributed by atoms with E-state index in [1.165, 1.54) is 37.7 Å². The summed E-state index contributed by atoms with van der Waals surface area (Å²) in [6.45, 7) is 8.98. The Morgan fingerprint density at radius 2 is 1.23 bits per heavy atom. The number of fused-ring (bicyclic) bond motifs is 2. The first-order chi connectivity index (χ1) is 32.2. The molecule has 1 unspecified atom stereocenters. The Labute approximate surface area is 389 Å². The molecule has 0 amide bonds. The molecule has 4 atom stereocenters. The minimum Gasteiger partial charge on any atom is -0.497 e. The summed E-state index contributed by atoms with van der Waals surface area (Å²) in [4.78, 5) is 0. The van der Waals surface area contributed by atoms with Gasteiger partial charge < -0.3 is 28.0 Å². The minimum atomic E-state index is -1.60. The molecule has 0 bridgehead atoms. The van der Waals surface area contributed by atoms with Crippen molar-refractivity contribution >= 4 is 51.6 Å². The lowest BCUT2D eigenvalue weighted by molar-refractivity contribution is -0.0736. The molecule has 1 aliphatic rings. The number of hydrogen-bond acceptors (Lipinski definition) is 8. The number of nitrogens with zero attached hydrogens (tertiary/aromatic N) is 2. The van der Waals surface area contributed by atoms with E-state index in [1.54, 1.807) is 14.2 Å².